The molecule has 1 heterocycles. The van der Waals surface area contributed by atoms with Gasteiger partial charge in [-0.3, -0.25) is 4.79 Å². The molecule has 1 aromatic carbocycles. The Hall–Kier alpha value is -1.69. The van der Waals surface area contributed by atoms with Crippen molar-refractivity contribution in [2.24, 2.45) is 5.92 Å². The van der Waals surface area contributed by atoms with Crippen molar-refractivity contribution in [2.45, 2.75) is 25.5 Å². The standard InChI is InChI=1S/C14H19N3O2S/c1-9(2)5-6-16-13(18)8-20-14-17-11-7-10(15)3-4-12(11)19-14/h3-4,7,9H,5-6,8,15H2,1-2H3,(H,16,18). The Morgan fingerprint density at radius 2 is 2.30 bits per heavy atom. The Morgan fingerprint density at radius 3 is 3.05 bits per heavy atom. The highest BCUT2D eigenvalue weighted by Gasteiger charge is 2.09. The van der Waals surface area contributed by atoms with Gasteiger partial charge in [-0.15, -0.1) is 0 Å². The van der Waals surface area contributed by atoms with Crippen LogP contribution in [0.5, 0.6) is 0 Å². The highest BCUT2D eigenvalue weighted by molar-refractivity contribution is 7.99. The average Bonchev–Trinajstić information content (AvgIpc) is 2.77. The SMILES string of the molecule is CC(C)CCNC(=O)CSc1nc2cc(N)ccc2o1. The van der Waals surface area contributed by atoms with Crippen LogP contribution in [0, 0.1) is 5.92 Å². The fraction of sp³-hybridized carbons (Fsp3) is 0.429. The number of carbonyl (C=O) groups excluding carboxylic acids is 1. The van der Waals surface area contributed by atoms with Crippen molar-refractivity contribution >= 4 is 34.5 Å². The van der Waals surface area contributed by atoms with Crippen molar-refractivity contribution in [3.05, 3.63) is 18.2 Å². The van der Waals surface area contributed by atoms with Crippen molar-refractivity contribution in [3.8, 4) is 0 Å². The van der Waals surface area contributed by atoms with Crippen LogP contribution in [0.3, 0.4) is 0 Å². The molecular formula is C14H19N3O2S. The average molecular weight is 293 g/mol. The Labute approximate surface area is 122 Å². The van der Waals surface area contributed by atoms with Crippen LogP contribution < -0.4 is 11.1 Å². The van der Waals surface area contributed by atoms with E-state index in [0.717, 1.165) is 6.42 Å². The number of hydrogen-bond donors (Lipinski definition) is 2. The maximum atomic E-state index is 11.6. The lowest BCUT2D eigenvalue weighted by molar-refractivity contribution is -0.118. The predicted molar refractivity (Wildman–Crippen MR) is 81.6 cm³/mol. The smallest absolute Gasteiger partial charge is 0.257 e. The Kier molecular flexibility index (Phi) is 4.89. The van der Waals surface area contributed by atoms with Crippen LogP contribution in [-0.4, -0.2) is 23.2 Å². The van der Waals surface area contributed by atoms with Crippen molar-refractivity contribution in [1.29, 1.82) is 0 Å². The summed E-state index contributed by atoms with van der Waals surface area (Å²) in [6.07, 6.45) is 0.985. The molecule has 1 amide bonds. The third-order valence-electron chi connectivity index (χ3n) is 2.76. The van der Waals surface area contributed by atoms with E-state index in [1.807, 2.05) is 0 Å². The summed E-state index contributed by atoms with van der Waals surface area (Å²) in [5.41, 5.74) is 7.73. The number of anilines is 1. The lowest BCUT2D eigenvalue weighted by Gasteiger charge is -2.05. The number of fused-ring (bicyclic) bond motifs is 1. The molecule has 108 valence electrons. The molecule has 0 saturated heterocycles. The number of aromatic nitrogens is 1. The summed E-state index contributed by atoms with van der Waals surface area (Å²) in [7, 11) is 0. The molecule has 5 nitrogen and oxygen atoms in total. The van der Waals surface area contributed by atoms with E-state index in [4.69, 9.17) is 10.2 Å². The van der Waals surface area contributed by atoms with Gasteiger partial charge < -0.3 is 15.5 Å². The maximum Gasteiger partial charge on any atom is 0.257 e. The highest BCUT2D eigenvalue weighted by atomic mass is 32.2. The Balaban J connectivity index is 1.84. The highest BCUT2D eigenvalue weighted by Crippen LogP contribution is 2.24. The van der Waals surface area contributed by atoms with Crippen LogP contribution >= 0.6 is 11.8 Å². The monoisotopic (exact) mass is 293 g/mol. The van der Waals surface area contributed by atoms with Crippen LogP contribution in [0.2, 0.25) is 0 Å². The topological polar surface area (TPSA) is 81.2 Å². The van der Waals surface area contributed by atoms with Gasteiger partial charge in [0.1, 0.15) is 5.52 Å². The minimum absolute atomic E-state index is 0.00239. The van der Waals surface area contributed by atoms with Gasteiger partial charge in [-0.2, -0.15) is 0 Å². The van der Waals surface area contributed by atoms with Gasteiger partial charge >= 0.3 is 0 Å². The van der Waals surface area contributed by atoms with E-state index in [0.29, 0.717) is 40.2 Å². The van der Waals surface area contributed by atoms with Crippen LogP contribution in [0.15, 0.2) is 27.8 Å². The summed E-state index contributed by atoms with van der Waals surface area (Å²) in [6.45, 7) is 4.97. The molecule has 0 bridgehead atoms. The number of nitrogens with one attached hydrogen (secondary N) is 1. The molecule has 0 aliphatic heterocycles. The van der Waals surface area contributed by atoms with Gasteiger partial charge in [-0.1, -0.05) is 25.6 Å². The van der Waals surface area contributed by atoms with Gasteiger partial charge in [0.15, 0.2) is 5.58 Å². The molecule has 20 heavy (non-hydrogen) atoms. The normalized spacial score (nSPS) is 11.2. The molecule has 2 aromatic rings. The molecule has 0 unspecified atom stereocenters. The van der Waals surface area contributed by atoms with E-state index >= 15 is 0 Å². The molecule has 0 spiro atoms. The number of nitrogen functional groups attached to an aromatic ring is 1. The summed E-state index contributed by atoms with van der Waals surface area (Å²) in [5.74, 6) is 0.892. The molecule has 3 N–H and O–H groups in total. The fourth-order valence-corrected chi connectivity index (χ4v) is 2.33. The van der Waals surface area contributed by atoms with Crippen LogP contribution in [0.4, 0.5) is 5.69 Å². The number of thioether (sulfide) groups is 1. The van der Waals surface area contributed by atoms with E-state index < -0.39 is 0 Å². The second kappa shape index (κ2) is 6.65. The maximum absolute atomic E-state index is 11.6. The molecule has 0 atom stereocenters. The molecule has 0 saturated carbocycles. The number of nitrogens with zero attached hydrogens (tertiary/aromatic N) is 1. The van der Waals surface area contributed by atoms with Crippen molar-refractivity contribution in [2.75, 3.05) is 18.0 Å². The second-order valence-electron chi connectivity index (χ2n) is 5.03. The molecular weight excluding hydrogens is 274 g/mol. The van der Waals surface area contributed by atoms with E-state index in [9.17, 15) is 4.79 Å². The minimum Gasteiger partial charge on any atom is -0.431 e. The first kappa shape index (κ1) is 14.7. The van der Waals surface area contributed by atoms with Gasteiger partial charge in [-0.05, 0) is 30.5 Å². The van der Waals surface area contributed by atoms with E-state index in [2.05, 4.69) is 24.1 Å². The fourth-order valence-electron chi connectivity index (χ4n) is 1.66. The van der Waals surface area contributed by atoms with Crippen LogP contribution in [-0.2, 0) is 4.79 Å². The third-order valence-corrected chi connectivity index (χ3v) is 3.59. The van der Waals surface area contributed by atoms with Crippen LogP contribution in [0.1, 0.15) is 20.3 Å². The molecule has 0 fully saturated rings. The van der Waals surface area contributed by atoms with Gasteiger partial charge in [0.05, 0.1) is 5.75 Å². The summed E-state index contributed by atoms with van der Waals surface area (Å²) < 4.78 is 5.53. The first-order valence-electron chi connectivity index (χ1n) is 6.60. The molecule has 2 rings (SSSR count). The van der Waals surface area contributed by atoms with E-state index in [1.165, 1.54) is 11.8 Å². The van der Waals surface area contributed by atoms with Crippen LogP contribution in [0.25, 0.3) is 11.1 Å². The molecule has 0 aliphatic rings. The molecule has 6 heteroatoms. The zero-order valence-electron chi connectivity index (χ0n) is 11.7. The third kappa shape index (κ3) is 4.16. The molecule has 0 radical (unpaired) electrons. The van der Waals surface area contributed by atoms with E-state index in [1.54, 1.807) is 18.2 Å². The summed E-state index contributed by atoms with van der Waals surface area (Å²) >= 11 is 1.29. The van der Waals surface area contributed by atoms with Crippen molar-refractivity contribution in [3.63, 3.8) is 0 Å². The zero-order chi connectivity index (χ0) is 14.5. The number of carbonyl (C=O) groups is 1. The second-order valence-corrected chi connectivity index (χ2v) is 5.95. The number of hydrogen-bond acceptors (Lipinski definition) is 5. The predicted octanol–water partition coefficient (Wildman–Crippen LogP) is 2.66. The number of oxazole rings is 1. The minimum atomic E-state index is -0.00239. The van der Waals surface area contributed by atoms with Gasteiger partial charge in [0.25, 0.3) is 5.22 Å². The summed E-state index contributed by atoms with van der Waals surface area (Å²) in [5, 5.41) is 3.37. The Morgan fingerprint density at radius 1 is 1.50 bits per heavy atom. The summed E-state index contributed by atoms with van der Waals surface area (Å²) in [4.78, 5) is 15.9. The lowest BCUT2D eigenvalue weighted by atomic mass is 10.1. The first-order chi connectivity index (χ1) is 9.54. The number of amides is 1. The molecule has 0 aliphatic carbocycles. The van der Waals surface area contributed by atoms with Gasteiger partial charge in [0, 0.05) is 12.2 Å². The quantitative estimate of drug-likeness (QED) is 0.632. The van der Waals surface area contributed by atoms with Crippen molar-refractivity contribution < 1.29 is 9.21 Å². The van der Waals surface area contributed by atoms with Crippen molar-refractivity contribution in [1.82, 2.24) is 10.3 Å². The zero-order valence-corrected chi connectivity index (χ0v) is 12.5. The number of nitrogens with two attached hydrogens (primary N) is 1. The largest absolute Gasteiger partial charge is 0.431 e. The lowest BCUT2D eigenvalue weighted by Crippen LogP contribution is -2.26. The van der Waals surface area contributed by atoms with E-state index in [-0.39, 0.29) is 5.91 Å². The summed E-state index contributed by atoms with van der Waals surface area (Å²) in [6, 6.07) is 5.30. The number of benzene rings is 1. The van der Waals surface area contributed by atoms with Gasteiger partial charge in [-0.25, -0.2) is 4.98 Å². The van der Waals surface area contributed by atoms with Gasteiger partial charge in [0.2, 0.25) is 5.91 Å². The first-order valence-corrected chi connectivity index (χ1v) is 7.58. The number of rotatable bonds is 6. The Bertz CT molecular complexity index is 595. The molecule has 1 aromatic heterocycles.